The zero-order chi connectivity index (χ0) is 28.7. The van der Waals surface area contributed by atoms with E-state index < -0.39 is 28.9 Å². The molecule has 0 amide bonds. The SMILES string of the molecule is Cc1c(F)c(Nc2cc(C(C)C)nc3ccccc23)c(F)c(OCCN2CC3CC2CN3CC2CCCCC2)c1F. The smallest absolute Gasteiger partial charge is 0.194 e. The number of halogens is 3. The van der Waals surface area contributed by atoms with Crippen LogP contribution in [0.3, 0.4) is 0 Å². The van der Waals surface area contributed by atoms with E-state index in [2.05, 4.69) is 20.1 Å². The molecule has 3 heterocycles. The number of ether oxygens (including phenoxy) is 1. The van der Waals surface area contributed by atoms with Crippen LogP contribution in [-0.2, 0) is 0 Å². The van der Waals surface area contributed by atoms with Crippen molar-refractivity contribution in [3.63, 3.8) is 0 Å². The van der Waals surface area contributed by atoms with E-state index >= 15 is 13.2 Å². The second kappa shape index (κ2) is 11.8. The Bertz CT molecular complexity index is 1410. The molecule has 6 rings (SSSR count). The van der Waals surface area contributed by atoms with Crippen LogP contribution in [0, 0.1) is 30.3 Å². The molecular formula is C33H41F3N4O. The van der Waals surface area contributed by atoms with Crippen molar-refractivity contribution in [2.75, 3.05) is 38.1 Å². The van der Waals surface area contributed by atoms with Gasteiger partial charge in [-0.1, -0.05) is 51.3 Å². The van der Waals surface area contributed by atoms with Gasteiger partial charge < -0.3 is 10.1 Å². The van der Waals surface area contributed by atoms with Gasteiger partial charge in [0.05, 0.1) is 5.52 Å². The molecule has 8 heteroatoms. The fourth-order valence-corrected chi connectivity index (χ4v) is 7.02. The van der Waals surface area contributed by atoms with E-state index in [1.807, 2.05) is 38.1 Å². The summed E-state index contributed by atoms with van der Waals surface area (Å²) in [4.78, 5) is 9.72. The van der Waals surface area contributed by atoms with Gasteiger partial charge in [0.1, 0.15) is 12.3 Å². The number of piperazine rings is 1. The Hall–Kier alpha value is -2.84. The van der Waals surface area contributed by atoms with E-state index in [1.54, 1.807) is 6.07 Å². The van der Waals surface area contributed by atoms with Crippen molar-refractivity contribution in [3.8, 4) is 5.75 Å². The van der Waals surface area contributed by atoms with Crippen molar-refractivity contribution in [2.24, 2.45) is 5.92 Å². The Labute approximate surface area is 241 Å². The fourth-order valence-electron chi connectivity index (χ4n) is 7.02. The van der Waals surface area contributed by atoms with Gasteiger partial charge in [-0.3, -0.25) is 14.8 Å². The topological polar surface area (TPSA) is 40.6 Å². The molecule has 2 atom stereocenters. The van der Waals surface area contributed by atoms with Crippen molar-refractivity contribution in [3.05, 3.63) is 59.0 Å². The van der Waals surface area contributed by atoms with Crippen LogP contribution in [0.15, 0.2) is 30.3 Å². The normalized spacial score (nSPS) is 21.8. The van der Waals surface area contributed by atoms with Crippen molar-refractivity contribution in [2.45, 2.75) is 77.3 Å². The number of aromatic nitrogens is 1. The lowest BCUT2D eigenvalue weighted by Gasteiger charge is -2.36. The van der Waals surface area contributed by atoms with E-state index in [9.17, 15) is 0 Å². The highest BCUT2D eigenvalue weighted by Crippen LogP contribution is 2.38. The summed E-state index contributed by atoms with van der Waals surface area (Å²) in [5.74, 6) is -2.60. The number of nitrogens with zero attached hydrogens (tertiary/aromatic N) is 3. The molecule has 0 spiro atoms. The predicted octanol–water partition coefficient (Wildman–Crippen LogP) is 7.55. The molecule has 0 radical (unpaired) electrons. The van der Waals surface area contributed by atoms with Crippen molar-refractivity contribution < 1.29 is 17.9 Å². The third-order valence-corrected chi connectivity index (χ3v) is 9.39. The van der Waals surface area contributed by atoms with Crippen LogP contribution in [0.2, 0.25) is 0 Å². The average Bonchev–Trinajstić information content (AvgIpc) is 3.56. The highest BCUT2D eigenvalue weighted by molar-refractivity contribution is 5.93. The van der Waals surface area contributed by atoms with Gasteiger partial charge in [0.2, 0.25) is 0 Å². The van der Waals surface area contributed by atoms with Gasteiger partial charge in [0, 0.05) is 60.6 Å². The minimum Gasteiger partial charge on any atom is -0.486 e. The van der Waals surface area contributed by atoms with Crippen LogP contribution in [-0.4, -0.2) is 59.7 Å². The summed E-state index contributed by atoms with van der Waals surface area (Å²) < 4.78 is 51.9. The largest absolute Gasteiger partial charge is 0.486 e. The molecule has 2 bridgehead atoms. The van der Waals surface area contributed by atoms with E-state index in [1.165, 1.54) is 45.6 Å². The lowest BCUT2D eigenvalue weighted by atomic mass is 9.89. The number of rotatable bonds is 9. The molecule has 2 unspecified atom stereocenters. The average molecular weight is 567 g/mol. The van der Waals surface area contributed by atoms with Crippen molar-refractivity contribution in [1.29, 1.82) is 0 Å². The van der Waals surface area contributed by atoms with Gasteiger partial charge in [-0.15, -0.1) is 0 Å². The molecule has 1 N–H and O–H groups in total. The standard InChI is InChI=1S/C33H41F3N4O/c1-20(2)27-16-28(25-11-7-8-12-26(25)37-27)38-32-29(34)21(3)30(35)33(31(32)36)41-14-13-39-18-24-15-23(39)19-40(24)17-22-9-5-4-6-10-22/h7-8,11-12,16,20,22-24H,4-6,9-10,13-15,17-19H2,1-3H3,(H,37,38). The van der Waals surface area contributed by atoms with Crippen LogP contribution in [0.5, 0.6) is 5.75 Å². The summed E-state index contributed by atoms with van der Waals surface area (Å²) in [6, 6.07) is 10.3. The summed E-state index contributed by atoms with van der Waals surface area (Å²) in [7, 11) is 0. The molecule has 41 heavy (non-hydrogen) atoms. The van der Waals surface area contributed by atoms with Gasteiger partial charge >= 0.3 is 0 Å². The minimum atomic E-state index is -1.06. The molecule has 2 aromatic carbocycles. The Morgan fingerprint density at radius 3 is 2.44 bits per heavy atom. The summed E-state index contributed by atoms with van der Waals surface area (Å²) in [5, 5.41) is 3.65. The first-order valence-electron chi connectivity index (χ1n) is 15.2. The first-order valence-corrected chi connectivity index (χ1v) is 15.2. The maximum absolute atomic E-state index is 15.7. The fraction of sp³-hybridized carbons (Fsp3) is 0.545. The van der Waals surface area contributed by atoms with E-state index in [0.717, 1.165) is 42.0 Å². The summed E-state index contributed by atoms with van der Waals surface area (Å²) >= 11 is 0. The van der Waals surface area contributed by atoms with Crippen LogP contribution < -0.4 is 10.1 Å². The van der Waals surface area contributed by atoms with Gasteiger partial charge in [-0.25, -0.2) is 13.2 Å². The Kier molecular flexibility index (Phi) is 8.14. The zero-order valence-electron chi connectivity index (χ0n) is 24.4. The Morgan fingerprint density at radius 1 is 0.976 bits per heavy atom. The third kappa shape index (κ3) is 5.65. The molecule has 1 saturated carbocycles. The molecule has 3 aromatic rings. The number of hydrogen-bond acceptors (Lipinski definition) is 5. The van der Waals surface area contributed by atoms with E-state index in [4.69, 9.17) is 4.74 Å². The monoisotopic (exact) mass is 566 g/mol. The van der Waals surface area contributed by atoms with Crippen LogP contribution >= 0.6 is 0 Å². The van der Waals surface area contributed by atoms with E-state index in [-0.39, 0.29) is 18.1 Å². The van der Waals surface area contributed by atoms with E-state index in [0.29, 0.717) is 24.3 Å². The minimum absolute atomic E-state index is 0.115. The molecule has 5 nitrogen and oxygen atoms in total. The zero-order valence-corrected chi connectivity index (χ0v) is 24.4. The number of fused-ring (bicyclic) bond motifs is 3. The van der Waals surface area contributed by atoms with Gasteiger partial charge in [0.15, 0.2) is 23.2 Å². The van der Waals surface area contributed by atoms with Gasteiger partial charge in [-0.05, 0) is 50.2 Å². The molecule has 2 saturated heterocycles. The Morgan fingerprint density at radius 2 is 1.71 bits per heavy atom. The second-order valence-electron chi connectivity index (χ2n) is 12.5. The predicted molar refractivity (Wildman–Crippen MR) is 158 cm³/mol. The lowest BCUT2D eigenvalue weighted by molar-refractivity contribution is 0.0942. The van der Waals surface area contributed by atoms with Crippen LogP contribution in [0.4, 0.5) is 24.5 Å². The second-order valence-corrected chi connectivity index (χ2v) is 12.5. The molecule has 3 fully saturated rings. The van der Waals surface area contributed by atoms with Crippen molar-refractivity contribution in [1.82, 2.24) is 14.8 Å². The third-order valence-electron chi connectivity index (χ3n) is 9.39. The van der Waals surface area contributed by atoms with Crippen LogP contribution in [0.25, 0.3) is 10.9 Å². The summed E-state index contributed by atoms with van der Waals surface area (Å²) in [5.41, 5.74) is 1.34. The number of benzene rings is 2. The molecular weight excluding hydrogens is 525 g/mol. The molecule has 220 valence electrons. The first-order chi connectivity index (χ1) is 19.8. The number of hydrogen-bond donors (Lipinski definition) is 1. The van der Waals surface area contributed by atoms with Crippen molar-refractivity contribution >= 4 is 22.3 Å². The highest BCUT2D eigenvalue weighted by atomic mass is 19.1. The molecule has 2 aliphatic heterocycles. The quantitative estimate of drug-likeness (QED) is 0.290. The number of nitrogens with one attached hydrogen (secondary N) is 1. The highest BCUT2D eigenvalue weighted by Gasteiger charge is 2.43. The summed E-state index contributed by atoms with van der Waals surface area (Å²) in [6.45, 7) is 9.29. The Balaban J connectivity index is 1.15. The molecule has 3 aliphatic rings. The number of para-hydroxylation sites is 1. The maximum Gasteiger partial charge on any atom is 0.194 e. The van der Waals surface area contributed by atoms with Crippen LogP contribution in [0.1, 0.15) is 69.5 Å². The number of anilines is 2. The first kappa shape index (κ1) is 28.3. The number of pyridine rings is 1. The molecule has 1 aromatic heterocycles. The van der Waals surface area contributed by atoms with Gasteiger partial charge in [-0.2, -0.15) is 0 Å². The number of likely N-dealkylation sites (tertiary alicyclic amines) is 2. The van der Waals surface area contributed by atoms with Gasteiger partial charge in [0.25, 0.3) is 0 Å². The summed E-state index contributed by atoms with van der Waals surface area (Å²) in [6.07, 6.45) is 7.96. The molecule has 1 aliphatic carbocycles. The maximum atomic E-state index is 15.7. The lowest BCUT2D eigenvalue weighted by Crippen LogP contribution is -2.48.